The van der Waals surface area contributed by atoms with Gasteiger partial charge in [0.05, 0.1) is 6.10 Å². The van der Waals surface area contributed by atoms with Crippen LogP contribution >= 0.6 is 0 Å². The third kappa shape index (κ3) is 21.4. The molecule has 0 aliphatic carbocycles. The van der Waals surface area contributed by atoms with Crippen molar-refractivity contribution in [1.82, 2.24) is 0 Å². The first-order valence-electron chi connectivity index (χ1n) is 11.0. The molecule has 0 rings (SSSR count). The molecule has 0 bridgehead atoms. The van der Waals surface area contributed by atoms with Gasteiger partial charge >= 0.3 is 0 Å². The second kappa shape index (κ2) is 19.8. The minimum absolute atomic E-state index is 0.223. The zero-order chi connectivity index (χ0) is 18.6. The number of unbranched alkanes of at least 4 members (excludes halogenated alkanes) is 16. The molecule has 3 nitrogen and oxygen atoms in total. The number of carboxylic acids is 1. The molecule has 150 valence electrons. The van der Waals surface area contributed by atoms with Crippen LogP contribution in [0.3, 0.4) is 0 Å². The van der Waals surface area contributed by atoms with Gasteiger partial charge in [0.2, 0.25) is 0 Å². The fourth-order valence-electron chi connectivity index (χ4n) is 3.40. The van der Waals surface area contributed by atoms with Crippen LogP contribution in [0.5, 0.6) is 0 Å². The maximum Gasteiger partial charge on any atom is 0.0592 e. The van der Waals surface area contributed by atoms with E-state index in [0.717, 1.165) is 12.8 Å². The lowest BCUT2D eigenvalue weighted by Crippen LogP contribution is -2.27. The highest BCUT2D eigenvalue weighted by atomic mass is 16.4. The Morgan fingerprint density at radius 3 is 1.32 bits per heavy atom. The first-order chi connectivity index (χ1) is 12.2. The van der Waals surface area contributed by atoms with E-state index in [1.165, 1.54) is 96.3 Å². The smallest absolute Gasteiger partial charge is 0.0592 e. The Bertz CT molecular complexity index is 278. The van der Waals surface area contributed by atoms with Gasteiger partial charge in [0, 0.05) is 12.4 Å². The molecule has 0 amide bonds. The minimum atomic E-state index is -1.15. The lowest BCUT2D eigenvalue weighted by molar-refractivity contribution is -0.307. The number of rotatable bonds is 20. The quantitative estimate of drug-likeness (QED) is 0.292. The van der Waals surface area contributed by atoms with E-state index in [-0.39, 0.29) is 6.42 Å². The van der Waals surface area contributed by atoms with Gasteiger partial charge in [-0.15, -0.1) is 0 Å². The summed E-state index contributed by atoms with van der Waals surface area (Å²) in [5.41, 5.74) is 0. The van der Waals surface area contributed by atoms with Crippen LogP contribution < -0.4 is 5.11 Å². The van der Waals surface area contributed by atoms with E-state index < -0.39 is 12.1 Å². The van der Waals surface area contributed by atoms with Crippen LogP contribution in [0.2, 0.25) is 0 Å². The Morgan fingerprint density at radius 2 is 1.00 bits per heavy atom. The van der Waals surface area contributed by atoms with Gasteiger partial charge in [-0.2, -0.15) is 0 Å². The Labute approximate surface area is 156 Å². The molecule has 3 heteroatoms. The number of hydrogen-bond donors (Lipinski definition) is 1. The van der Waals surface area contributed by atoms with Gasteiger partial charge in [-0.1, -0.05) is 116 Å². The molecule has 0 aliphatic heterocycles. The Morgan fingerprint density at radius 1 is 0.680 bits per heavy atom. The van der Waals surface area contributed by atoms with Crippen LogP contribution in [0.15, 0.2) is 0 Å². The van der Waals surface area contributed by atoms with Crippen LogP contribution in [0.1, 0.15) is 129 Å². The Hall–Kier alpha value is -0.570. The normalized spacial score (nSPS) is 12.4. The van der Waals surface area contributed by atoms with Gasteiger partial charge in [0.15, 0.2) is 0 Å². The van der Waals surface area contributed by atoms with Crippen molar-refractivity contribution >= 4 is 5.97 Å². The summed E-state index contributed by atoms with van der Waals surface area (Å²) in [5.74, 6) is -1.15. The summed E-state index contributed by atoms with van der Waals surface area (Å²) in [6.07, 6.45) is 22.3. The van der Waals surface area contributed by atoms with Crippen molar-refractivity contribution in [2.45, 2.75) is 135 Å². The zero-order valence-electron chi connectivity index (χ0n) is 16.8. The molecule has 0 aromatic rings. The molecule has 0 aromatic carbocycles. The van der Waals surface area contributed by atoms with Crippen molar-refractivity contribution in [3.05, 3.63) is 0 Å². The topological polar surface area (TPSA) is 60.4 Å². The summed E-state index contributed by atoms with van der Waals surface area (Å²) in [4.78, 5) is 10.3. The van der Waals surface area contributed by atoms with Crippen molar-refractivity contribution in [3.63, 3.8) is 0 Å². The van der Waals surface area contributed by atoms with Gasteiger partial charge in [-0.05, 0) is 6.42 Å². The third-order valence-electron chi connectivity index (χ3n) is 5.04. The monoisotopic (exact) mass is 355 g/mol. The highest BCUT2D eigenvalue weighted by Gasteiger charge is 2.03. The predicted molar refractivity (Wildman–Crippen MR) is 104 cm³/mol. The fraction of sp³-hybridized carbons (Fsp3) is 0.955. The highest BCUT2D eigenvalue weighted by molar-refractivity contribution is 5.64. The summed E-state index contributed by atoms with van der Waals surface area (Å²) in [5, 5.41) is 19.7. The minimum Gasteiger partial charge on any atom is -0.550 e. The number of aliphatic hydroxyl groups excluding tert-OH is 1. The van der Waals surface area contributed by atoms with Gasteiger partial charge < -0.3 is 15.0 Å². The summed E-state index contributed by atoms with van der Waals surface area (Å²) >= 11 is 0. The van der Waals surface area contributed by atoms with Crippen LogP contribution in [0.4, 0.5) is 0 Å². The number of carboxylic acid groups (broad SMARTS) is 1. The molecule has 25 heavy (non-hydrogen) atoms. The number of hydrogen-bond acceptors (Lipinski definition) is 3. The van der Waals surface area contributed by atoms with Gasteiger partial charge in [0.25, 0.3) is 0 Å². The van der Waals surface area contributed by atoms with Crippen molar-refractivity contribution in [3.8, 4) is 0 Å². The predicted octanol–water partition coefficient (Wildman–Crippen LogP) is 5.53. The van der Waals surface area contributed by atoms with Crippen LogP contribution in [0.25, 0.3) is 0 Å². The lowest BCUT2D eigenvalue weighted by atomic mass is 10.0. The molecule has 1 unspecified atom stereocenters. The number of carbonyl (C=O) groups excluding carboxylic acids is 1. The second-order valence-corrected chi connectivity index (χ2v) is 7.68. The molecule has 1 N–H and O–H groups in total. The maximum absolute atomic E-state index is 10.3. The number of carbonyl (C=O) groups is 1. The Kier molecular flexibility index (Phi) is 19.3. The van der Waals surface area contributed by atoms with Crippen molar-refractivity contribution in [1.29, 1.82) is 0 Å². The van der Waals surface area contributed by atoms with E-state index in [1.54, 1.807) is 0 Å². The Balaban J connectivity index is 3.06. The van der Waals surface area contributed by atoms with E-state index in [1.807, 2.05) is 0 Å². The number of aliphatic hydroxyl groups is 1. The van der Waals surface area contributed by atoms with Gasteiger partial charge in [-0.3, -0.25) is 0 Å². The van der Waals surface area contributed by atoms with Crippen molar-refractivity contribution in [2.24, 2.45) is 0 Å². The molecule has 0 saturated carbocycles. The van der Waals surface area contributed by atoms with E-state index in [4.69, 9.17) is 0 Å². The average molecular weight is 356 g/mol. The molecule has 0 fully saturated rings. The summed E-state index contributed by atoms with van der Waals surface area (Å²) < 4.78 is 0. The SMILES string of the molecule is CCCCCCCCCCCCCCCCCCCC(O)CC(=O)[O-]. The van der Waals surface area contributed by atoms with Gasteiger partial charge in [0.1, 0.15) is 0 Å². The summed E-state index contributed by atoms with van der Waals surface area (Å²) in [6, 6.07) is 0. The largest absolute Gasteiger partial charge is 0.550 e. The zero-order valence-corrected chi connectivity index (χ0v) is 16.8. The van der Waals surface area contributed by atoms with E-state index >= 15 is 0 Å². The van der Waals surface area contributed by atoms with E-state index in [0.29, 0.717) is 6.42 Å². The van der Waals surface area contributed by atoms with Crippen molar-refractivity contribution in [2.75, 3.05) is 0 Å². The van der Waals surface area contributed by atoms with Crippen LogP contribution in [-0.4, -0.2) is 17.2 Å². The number of aliphatic carboxylic acids is 1. The van der Waals surface area contributed by atoms with Gasteiger partial charge in [-0.25, -0.2) is 0 Å². The van der Waals surface area contributed by atoms with Crippen molar-refractivity contribution < 1.29 is 15.0 Å². The molecular weight excluding hydrogens is 312 g/mol. The standard InChI is InChI=1S/C22H44O3/c1-2-3-4-5-6-7-8-9-10-11-12-13-14-15-16-17-18-19-21(23)20-22(24)25/h21,23H,2-20H2,1H3,(H,24,25)/p-1. The molecule has 0 saturated heterocycles. The van der Waals surface area contributed by atoms with Crippen LogP contribution in [0, 0.1) is 0 Å². The lowest BCUT2D eigenvalue weighted by Gasteiger charge is -2.10. The fourth-order valence-corrected chi connectivity index (χ4v) is 3.40. The van der Waals surface area contributed by atoms with E-state index in [2.05, 4.69) is 6.92 Å². The van der Waals surface area contributed by atoms with Crippen LogP contribution in [-0.2, 0) is 4.79 Å². The first-order valence-corrected chi connectivity index (χ1v) is 11.0. The molecule has 0 aliphatic rings. The third-order valence-corrected chi connectivity index (χ3v) is 5.04. The molecule has 0 spiro atoms. The molecule has 0 heterocycles. The molecule has 1 atom stereocenters. The second-order valence-electron chi connectivity index (χ2n) is 7.68. The van der Waals surface area contributed by atoms with E-state index in [9.17, 15) is 15.0 Å². The molecule has 0 radical (unpaired) electrons. The summed E-state index contributed by atoms with van der Waals surface area (Å²) in [7, 11) is 0. The molecule has 0 aromatic heterocycles. The highest BCUT2D eigenvalue weighted by Crippen LogP contribution is 2.14. The molecular formula is C22H43O3-. The first kappa shape index (κ1) is 24.4. The maximum atomic E-state index is 10.3. The average Bonchev–Trinajstić information content (AvgIpc) is 2.57. The summed E-state index contributed by atoms with van der Waals surface area (Å²) in [6.45, 7) is 2.27.